The van der Waals surface area contributed by atoms with Crippen LogP contribution in [0.1, 0.15) is 74.3 Å². The summed E-state index contributed by atoms with van der Waals surface area (Å²) in [6.07, 6.45) is 4.01. The average Bonchev–Trinajstić information content (AvgIpc) is 3.32. The summed E-state index contributed by atoms with van der Waals surface area (Å²) in [6, 6.07) is 1.15. The third-order valence-corrected chi connectivity index (χ3v) is 8.19. The fourth-order valence-corrected chi connectivity index (χ4v) is 5.66. The second-order valence-electron chi connectivity index (χ2n) is 10.2. The Hall–Kier alpha value is -1.93. The average molecular weight is 465 g/mol. The molecule has 2 heterocycles. The van der Waals surface area contributed by atoms with Crippen LogP contribution in [0.3, 0.4) is 0 Å². The van der Waals surface area contributed by atoms with Gasteiger partial charge < -0.3 is 14.7 Å². The molecule has 2 aliphatic rings. The van der Waals surface area contributed by atoms with E-state index in [0.717, 1.165) is 30.6 Å². The lowest BCUT2D eigenvalue weighted by Crippen LogP contribution is -2.49. The number of anilines is 1. The van der Waals surface area contributed by atoms with Crippen LogP contribution in [0.2, 0.25) is 0 Å². The number of carboxylic acids is 1. The number of ether oxygens (including phenoxy) is 1. The Morgan fingerprint density at radius 1 is 1.22 bits per heavy atom. The molecule has 3 rings (SSSR count). The summed E-state index contributed by atoms with van der Waals surface area (Å²) < 4.78 is 5.13. The Morgan fingerprint density at radius 3 is 2.44 bits per heavy atom. The predicted molar refractivity (Wildman–Crippen MR) is 125 cm³/mol. The quantitative estimate of drug-likeness (QED) is 0.655. The number of amides is 2. The van der Waals surface area contributed by atoms with Crippen molar-refractivity contribution < 1.29 is 24.2 Å². The molecule has 1 atom stereocenters. The highest BCUT2D eigenvalue weighted by atomic mass is 32.1. The first-order valence-corrected chi connectivity index (χ1v) is 12.3. The molecule has 1 aromatic heterocycles. The Labute approximate surface area is 194 Å². The van der Waals surface area contributed by atoms with Crippen molar-refractivity contribution in [2.24, 2.45) is 11.8 Å². The maximum absolute atomic E-state index is 13.8. The maximum atomic E-state index is 13.8. The van der Waals surface area contributed by atoms with Crippen molar-refractivity contribution in [3.05, 3.63) is 15.8 Å². The van der Waals surface area contributed by atoms with E-state index in [-0.39, 0.29) is 28.0 Å². The third kappa shape index (κ3) is 5.17. The topological polar surface area (TPSA) is 87.2 Å². The number of carbonyl (C=O) groups is 3. The largest absolute Gasteiger partial charge is 0.477 e. The summed E-state index contributed by atoms with van der Waals surface area (Å²) in [7, 11) is 1.59. The Bertz CT molecular complexity index is 851. The van der Waals surface area contributed by atoms with Crippen LogP contribution in [0, 0.1) is 11.8 Å². The monoisotopic (exact) mass is 464 g/mol. The number of hydrogen-bond donors (Lipinski definition) is 1. The molecule has 0 unspecified atom stereocenters. The molecular formula is C24H36N2O5S. The van der Waals surface area contributed by atoms with Crippen LogP contribution < -0.4 is 4.90 Å². The van der Waals surface area contributed by atoms with E-state index in [0.29, 0.717) is 37.7 Å². The van der Waals surface area contributed by atoms with Crippen LogP contribution in [0.25, 0.3) is 0 Å². The van der Waals surface area contributed by atoms with Crippen LogP contribution >= 0.6 is 11.3 Å². The Kier molecular flexibility index (Phi) is 7.65. The van der Waals surface area contributed by atoms with Gasteiger partial charge in [-0.3, -0.25) is 14.5 Å². The summed E-state index contributed by atoms with van der Waals surface area (Å²) in [6.45, 7) is 9.71. The molecule has 0 spiro atoms. The summed E-state index contributed by atoms with van der Waals surface area (Å²) in [5, 5.41) is 9.96. The van der Waals surface area contributed by atoms with Crippen molar-refractivity contribution in [1.82, 2.24) is 4.90 Å². The molecule has 1 aliphatic heterocycles. The number of carboxylic acid groups (broad SMARTS) is 1. The highest BCUT2D eigenvalue weighted by molar-refractivity contribution is 7.14. The molecule has 1 N–H and O–H groups in total. The molecule has 0 radical (unpaired) electrons. The first kappa shape index (κ1) is 24.7. The van der Waals surface area contributed by atoms with Gasteiger partial charge in [-0.15, -0.1) is 11.3 Å². The van der Waals surface area contributed by atoms with E-state index in [1.807, 2.05) is 26.8 Å². The zero-order valence-electron chi connectivity index (χ0n) is 19.8. The van der Waals surface area contributed by atoms with Gasteiger partial charge in [0, 0.05) is 31.0 Å². The molecule has 178 valence electrons. The summed E-state index contributed by atoms with van der Waals surface area (Å²) in [5.41, 5.74) is 0.120. The zero-order chi connectivity index (χ0) is 23.6. The van der Waals surface area contributed by atoms with Crippen LogP contribution in [0.4, 0.5) is 5.69 Å². The molecule has 2 fully saturated rings. The SMILES string of the molecule is COCCN1CC[C@H](N(c2cc(C(C)(C)C)sc2C(=O)O)C(=O)[C@H]2CC[C@H](C)CC2)C1=O. The molecule has 2 amide bonds. The van der Waals surface area contributed by atoms with E-state index in [1.165, 1.54) is 11.3 Å². The molecule has 8 heteroatoms. The van der Waals surface area contributed by atoms with Gasteiger partial charge in [0.2, 0.25) is 11.8 Å². The predicted octanol–water partition coefficient (Wildman–Crippen LogP) is 4.15. The van der Waals surface area contributed by atoms with Crippen molar-refractivity contribution in [3.8, 4) is 0 Å². The van der Waals surface area contributed by atoms with Gasteiger partial charge in [-0.25, -0.2) is 4.79 Å². The van der Waals surface area contributed by atoms with Crippen molar-refractivity contribution in [2.75, 3.05) is 31.7 Å². The molecule has 0 bridgehead atoms. The van der Waals surface area contributed by atoms with Gasteiger partial charge in [0.05, 0.1) is 12.3 Å². The van der Waals surface area contributed by atoms with E-state index in [2.05, 4.69) is 6.92 Å². The fraction of sp³-hybridized carbons (Fsp3) is 0.708. The van der Waals surface area contributed by atoms with Gasteiger partial charge in [-0.2, -0.15) is 0 Å². The summed E-state index contributed by atoms with van der Waals surface area (Å²) in [5.74, 6) is -0.874. The number of likely N-dealkylation sites (tertiary alicyclic amines) is 1. The Balaban J connectivity index is 2.02. The van der Waals surface area contributed by atoms with E-state index in [9.17, 15) is 19.5 Å². The van der Waals surface area contributed by atoms with Gasteiger partial charge in [-0.1, -0.05) is 27.7 Å². The zero-order valence-corrected chi connectivity index (χ0v) is 20.7. The molecule has 1 saturated carbocycles. The van der Waals surface area contributed by atoms with Crippen LogP contribution in [-0.4, -0.2) is 60.6 Å². The van der Waals surface area contributed by atoms with Crippen molar-refractivity contribution in [2.45, 2.75) is 71.3 Å². The molecular weight excluding hydrogens is 428 g/mol. The molecule has 1 aliphatic carbocycles. The number of hydrogen-bond acceptors (Lipinski definition) is 5. The van der Waals surface area contributed by atoms with Crippen molar-refractivity contribution in [3.63, 3.8) is 0 Å². The van der Waals surface area contributed by atoms with E-state index in [4.69, 9.17) is 4.74 Å². The van der Waals surface area contributed by atoms with Crippen LogP contribution in [0.15, 0.2) is 6.07 Å². The Morgan fingerprint density at radius 2 is 1.88 bits per heavy atom. The lowest BCUT2D eigenvalue weighted by atomic mass is 9.82. The third-order valence-electron chi connectivity index (χ3n) is 6.65. The highest BCUT2D eigenvalue weighted by Crippen LogP contribution is 2.41. The minimum absolute atomic E-state index is 0.107. The standard InChI is InChI=1S/C24H36N2O5S/c1-15-6-8-16(9-7-15)21(27)26(17-10-11-25(22(17)28)12-13-31-5)18-14-19(24(2,3)4)32-20(18)23(29)30/h14-17H,6-13H2,1-5H3,(H,29,30)/t15-,16-,17-/m0/s1. The first-order chi connectivity index (χ1) is 15.0. The number of methoxy groups -OCH3 is 1. The molecule has 7 nitrogen and oxygen atoms in total. The lowest BCUT2D eigenvalue weighted by Gasteiger charge is -2.34. The van der Waals surface area contributed by atoms with Gasteiger partial charge >= 0.3 is 5.97 Å². The van der Waals surface area contributed by atoms with E-state index in [1.54, 1.807) is 16.9 Å². The summed E-state index contributed by atoms with van der Waals surface area (Å²) in [4.78, 5) is 43.6. The molecule has 0 aromatic carbocycles. The van der Waals surface area contributed by atoms with Gasteiger partial charge in [-0.05, 0) is 49.5 Å². The minimum atomic E-state index is -1.06. The molecule has 1 saturated heterocycles. The smallest absolute Gasteiger partial charge is 0.348 e. The van der Waals surface area contributed by atoms with Gasteiger partial charge in [0.15, 0.2) is 0 Å². The lowest BCUT2D eigenvalue weighted by molar-refractivity contribution is -0.132. The fourth-order valence-electron chi connectivity index (χ4n) is 4.61. The number of rotatable bonds is 7. The maximum Gasteiger partial charge on any atom is 0.348 e. The summed E-state index contributed by atoms with van der Waals surface area (Å²) >= 11 is 1.20. The second kappa shape index (κ2) is 9.91. The number of nitrogens with zero attached hydrogens (tertiary/aromatic N) is 2. The van der Waals surface area contributed by atoms with Crippen LogP contribution in [-0.2, 0) is 19.7 Å². The number of thiophene rings is 1. The highest BCUT2D eigenvalue weighted by Gasteiger charge is 2.43. The van der Waals surface area contributed by atoms with Gasteiger partial charge in [0.1, 0.15) is 10.9 Å². The van der Waals surface area contributed by atoms with Crippen LogP contribution in [0.5, 0.6) is 0 Å². The number of carbonyl (C=O) groups excluding carboxylic acids is 2. The van der Waals surface area contributed by atoms with E-state index < -0.39 is 12.0 Å². The molecule has 1 aromatic rings. The van der Waals surface area contributed by atoms with Crippen molar-refractivity contribution >= 4 is 34.8 Å². The van der Waals surface area contributed by atoms with Gasteiger partial charge in [0.25, 0.3) is 0 Å². The van der Waals surface area contributed by atoms with E-state index >= 15 is 0 Å². The second-order valence-corrected chi connectivity index (χ2v) is 11.2. The first-order valence-electron chi connectivity index (χ1n) is 11.5. The normalized spacial score (nSPS) is 24.1. The number of aromatic carboxylic acids is 1. The molecule has 32 heavy (non-hydrogen) atoms. The van der Waals surface area contributed by atoms with Crippen molar-refractivity contribution in [1.29, 1.82) is 0 Å². The minimum Gasteiger partial charge on any atom is -0.477 e.